The van der Waals surface area contributed by atoms with Crippen LogP contribution in [0.25, 0.3) is 11.0 Å². The van der Waals surface area contributed by atoms with Crippen LogP contribution in [0.5, 0.6) is 0 Å². The molecule has 0 aliphatic carbocycles. The van der Waals surface area contributed by atoms with E-state index in [1.54, 1.807) is 6.92 Å². The number of rotatable bonds is 11. The summed E-state index contributed by atoms with van der Waals surface area (Å²) in [4.78, 5) is 9.09. The molecular weight excluding hydrogens is 378 g/mol. The molecule has 0 fully saturated rings. The third kappa shape index (κ3) is 5.01. The van der Waals surface area contributed by atoms with Crippen molar-refractivity contribution < 1.29 is 13.2 Å². The lowest BCUT2D eigenvalue weighted by atomic mass is 10.2. The number of nitrogens with zero attached hydrogens (tertiary/aromatic N) is 3. The van der Waals surface area contributed by atoms with Gasteiger partial charge < -0.3 is 15.0 Å². The molecular formula is C19H33N5O3S. The molecule has 0 aliphatic heterocycles. The first-order valence-electron chi connectivity index (χ1n) is 9.90. The lowest BCUT2D eigenvalue weighted by Gasteiger charge is -2.13. The number of hydrogen-bond acceptors (Lipinski definition) is 6. The Labute approximate surface area is 167 Å². The van der Waals surface area contributed by atoms with Crippen molar-refractivity contribution in [3.8, 4) is 0 Å². The fourth-order valence-electron chi connectivity index (χ4n) is 3.08. The zero-order valence-electron chi connectivity index (χ0n) is 17.6. The third-order valence-corrected chi connectivity index (χ3v) is 7.06. The number of nitrogen functional groups attached to an aromatic ring is 1. The number of ether oxygens (including phenoxy) is 1. The Morgan fingerprint density at radius 3 is 2.57 bits per heavy atom. The SMILES string of the molecule is CCCc1nc2c(N)nc(C)c(C)c2n1CCOCCNS(=O)(=O)C(C)CC. The number of anilines is 1. The summed E-state index contributed by atoms with van der Waals surface area (Å²) in [5.41, 5.74) is 9.81. The van der Waals surface area contributed by atoms with E-state index in [-0.39, 0.29) is 6.54 Å². The molecule has 0 saturated carbocycles. The van der Waals surface area contributed by atoms with Gasteiger partial charge in [0, 0.05) is 25.2 Å². The maximum atomic E-state index is 11.9. The van der Waals surface area contributed by atoms with Crippen molar-refractivity contribution in [2.24, 2.45) is 0 Å². The number of hydrogen-bond donors (Lipinski definition) is 2. The number of aryl methyl sites for hydroxylation is 3. The highest BCUT2D eigenvalue weighted by molar-refractivity contribution is 7.90. The lowest BCUT2D eigenvalue weighted by Crippen LogP contribution is -2.34. The van der Waals surface area contributed by atoms with Crippen molar-refractivity contribution in [3.63, 3.8) is 0 Å². The molecule has 0 bridgehead atoms. The van der Waals surface area contributed by atoms with Crippen molar-refractivity contribution in [3.05, 3.63) is 17.1 Å². The Kier molecular flexibility index (Phi) is 7.79. The molecule has 2 heterocycles. The number of imidazole rings is 1. The quantitative estimate of drug-likeness (QED) is 0.549. The summed E-state index contributed by atoms with van der Waals surface area (Å²) >= 11 is 0. The molecule has 0 amide bonds. The second-order valence-electron chi connectivity index (χ2n) is 7.10. The highest BCUT2D eigenvalue weighted by Gasteiger charge is 2.18. The van der Waals surface area contributed by atoms with Crippen LogP contribution in [0.2, 0.25) is 0 Å². The molecule has 158 valence electrons. The van der Waals surface area contributed by atoms with E-state index in [0.717, 1.165) is 41.0 Å². The molecule has 2 aromatic rings. The number of nitrogens with two attached hydrogens (primary N) is 1. The molecule has 0 saturated heterocycles. The van der Waals surface area contributed by atoms with E-state index >= 15 is 0 Å². The average molecular weight is 412 g/mol. The van der Waals surface area contributed by atoms with Gasteiger partial charge in [-0.2, -0.15) is 0 Å². The van der Waals surface area contributed by atoms with E-state index in [0.29, 0.717) is 32.0 Å². The van der Waals surface area contributed by atoms with Crippen LogP contribution >= 0.6 is 0 Å². The summed E-state index contributed by atoms with van der Waals surface area (Å²) in [7, 11) is -3.26. The fourth-order valence-corrected chi connectivity index (χ4v) is 4.17. The highest BCUT2D eigenvalue weighted by Crippen LogP contribution is 2.26. The van der Waals surface area contributed by atoms with Gasteiger partial charge in [-0.3, -0.25) is 0 Å². The van der Waals surface area contributed by atoms with E-state index < -0.39 is 15.3 Å². The number of nitrogens with one attached hydrogen (secondary N) is 1. The molecule has 2 rings (SSSR count). The van der Waals surface area contributed by atoms with Gasteiger partial charge in [0.15, 0.2) is 5.82 Å². The fraction of sp³-hybridized carbons (Fsp3) is 0.684. The van der Waals surface area contributed by atoms with Gasteiger partial charge in [0.2, 0.25) is 10.0 Å². The van der Waals surface area contributed by atoms with Crippen LogP contribution in [0.3, 0.4) is 0 Å². The van der Waals surface area contributed by atoms with Crippen LogP contribution in [-0.2, 0) is 27.7 Å². The summed E-state index contributed by atoms with van der Waals surface area (Å²) in [5, 5.41) is -0.397. The van der Waals surface area contributed by atoms with Gasteiger partial charge >= 0.3 is 0 Å². The number of aromatic nitrogens is 3. The summed E-state index contributed by atoms with van der Waals surface area (Å²) in [6, 6.07) is 0. The van der Waals surface area contributed by atoms with Crippen LogP contribution in [0.1, 0.15) is 50.7 Å². The van der Waals surface area contributed by atoms with Crippen molar-refractivity contribution >= 4 is 26.9 Å². The first-order valence-corrected chi connectivity index (χ1v) is 11.5. The Hall–Kier alpha value is -1.71. The van der Waals surface area contributed by atoms with Crippen LogP contribution < -0.4 is 10.5 Å². The molecule has 9 heteroatoms. The molecule has 28 heavy (non-hydrogen) atoms. The van der Waals surface area contributed by atoms with Gasteiger partial charge in [-0.1, -0.05) is 13.8 Å². The topological polar surface area (TPSA) is 112 Å². The highest BCUT2D eigenvalue weighted by atomic mass is 32.2. The first-order chi connectivity index (χ1) is 13.2. The minimum Gasteiger partial charge on any atom is -0.382 e. The summed E-state index contributed by atoms with van der Waals surface area (Å²) < 4.78 is 34.3. The van der Waals surface area contributed by atoms with Crippen molar-refractivity contribution in [1.82, 2.24) is 19.3 Å². The molecule has 3 N–H and O–H groups in total. The smallest absolute Gasteiger partial charge is 0.214 e. The van der Waals surface area contributed by atoms with Crippen LogP contribution in [0.15, 0.2) is 0 Å². The van der Waals surface area contributed by atoms with Crippen molar-refractivity contribution in [1.29, 1.82) is 0 Å². The number of fused-ring (bicyclic) bond motifs is 1. The van der Waals surface area contributed by atoms with Crippen molar-refractivity contribution in [2.45, 2.75) is 65.7 Å². The van der Waals surface area contributed by atoms with E-state index in [9.17, 15) is 8.42 Å². The van der Waals surface area contributed by atoms with Gasteiger partial charge in [-0.05, 0) is 39.2 Å². The van der Waals surface area contributed by atoms with Gasteiger partial charge in [-0.25, -0.2) is 23.1 Å². The number of pyridine rings is 1. The Morgan fingerprint density at radius 1 is 1.21 bits per heavy atom. The summed E-state index contributed by atoms with van der Waals surface area (Å²) in [6.07, 6.45) is 2.41. The van der Waals surface area contributed by atoms with Gasteiger partial charge in [0.1, 0.15) is 11.3 Å². The maximum absolute atomic E-state index is 11.9. The first kappa shape index (κ1) is 22.6. The minimum absolute atomic E-state index is 0.272. The van der Waals surface area contributed by atoms with Gasteiger partial charge in [0.05, 0.1) is 24.0 Å². The standard InChI is InChI=1S/C19H33N5O3S/c1-6-8-16-23-17-18(14(4)15(5)22-19(17)20)24(16)10-12-27-11-9-21-28(25,26)13(3)7-2/h13,21H,6-12H2,1-5H3,(H2,20,22). The largest absolute Gasteiger partial charge is 0.382 e. The van der Waals surface area contributed by atoms with E-state index in [1.807, 2.05) is 20.8 Å². The molecule has 1 unspecified atom stereocenters. The molecule has 2 aromatic heterocycles. The Balaban J connectivity index is 2.03. The minimum atomic E-state index is -3.26. The second-order valence-corrected chi connectivity index (χ2v) is 9.29. The summed E-state index contributed by atoms with van der Waals surface area (Å²) in [6.45, 7) is 11.3. The molecule has 0 aliphatic rings. The van der Waals surface area contributed by atoms with E-state index in [4.69, 9.17) is 15.5 Å². The molecule has 0 aromatic carbocycles. The lowest BCUT2D eigenvalue weighted by molar-refractivity contribution is 0.131. The molecule has 0 radical (unpaired) electrons. The monoisotopic (exact) mass is 411 g/mol. The Morgan fingerprint density at radius 2 is 1.93 bits per heavy atom. The molecule has 8 nitrogen and oxygen atoms in total. The van der Waals surface area contributed by atoms with Crippen LogP contribution in [-0.4, -0.2) is 48.0 Å². The molecule has 0 spiro atoms. The van der Waals surface area contributed by atoms with E-state index in [1.165, 1.54) is 0 Å². The molecule has 1 atom stereocenters. The van der Waals surface area contributed by atoms with Crippen LogP contribution in [0.4, 0.5) is 5.82 Å². The van der Waals surface area contributed by atoms with Gasteiger partial charge in [-0.15, -0.1) is 0 Å². The third-order valence-electron chi connectivity index (χ3n) is 5.06. The zero-order chi connectivity index (χ0) is 20.9. The van der Waals surface area contributed by atoms with Crippen molar-refractivity contribution in [2.75, 3.05) is 25.5 Å². The summed E-state index contributed by atoms with van der Waals surface area (Å²) in [5.74, 6) is 1.43. The second kappa shape index (κ2) is 9.67. The average Bonchev–Trinajstić information content (AvgIpc) is 3.01. The number of sulfonamides is 1. The maximum Gasteiger partial charge on any atom is 0.214 e. The van der Waals surface area contributed by atoms with Crippen LogP contribution in [0, 0.1) is 13.8 Å². The Bertz CT molecular complexity index is 908. The van der Waals surface area contributed by atoms with E-state index in [2.05, 4.69) is 21.2 Å². The normalized spacial score (nSPS) is 13.3. The predicted molar refractivity (Wildman–Crippen MR) is 113 cm³/mol. The predicted octanol–water partition coefficient (Wildman–Crippen LogP) is 2.32. The van der Waals surface area contributed by atoms with Gasteiger partial charge in [0.25, 0.3) is 0 Å². The zero-order valence-corrected chi connectivity index (χ0v) is 18.4.